The van der Waals surface area contributed by atoms with Crippen LogP contribution in [0.25, 0.3) is 0 Å². The number of rotatable bonds is 12. The highest BCUT2D eigenvalue weighted by Gasteiger charge is 2.68. The molecule has 0 spiro atoms. The van der Waals surface area contributed by atoms with Crippen molar-refractivity contribution in [3.63, 3.8) is 0 Å². The van der Waals surface area contributed by atoms with E-state index in [0.717, 1.165) is 59.0 Å². The molecule has 5 nitrogen and oxygen atoms in total. The molecule has 0 amide bonds. The molecule has 41 heavy (non-hydrogen) atoms. The van der Waals surface area contributed by atoms with Crippen LogP contribution >= 0.6 is 0 Å². The largest absolute Gasteiger partial charge is 0.549 e. The summed E-state index contributed by atoms with van der Waals surface area (Å²) in [4.78, 5) is 0. The van der Waals surface area contributed by atoms with Gasteiger partial charge in [0.05, 0.1) is 0 Å². The van der Waals surface area contributed by atoms with Crippen molar-refractivity contribution in [3.05, 3.63) is 121 Å². The van der Waals surface area contributed by atoms with Crippen LogP contribution in [0.5, 0.6) is 23.0 Å². The molecule has 216 valence electrons. The summed E-state index contributed by atoms with van der Waals surface area (Å²) in [6.45, 7) is 3.19. The molecule has 1 heterocycles. The maximum absolute atomic E-state index is 6.87. The van der Waals surface area contributed by atoms with Crippen LogP contribution < -0.4 is 18.3 Å². The minimum atomic E-state index is -3.25. The lowest BCUT2D eigenvalue weighted by molar-refractivity contribution is -0.0858. The van der Waals surface area contributed by atoms with Crippen LogP contribution in [0.15, 0.2) is 121 Å². The van der Waals surface area contributed by atoms with E-state index < -0.39 is 14.0 Å². The summed E-state index contributed by atoms with van der Waals surface area (Å²) in [5.41, 5.74) is -1.10. The minimum absolute atomic E-state index is 0.655. The van der Waals surface area contributed by atoms with Crippen molar-refractivity contribution < 1.29 is 22.8 Å². The molecule has 0 N–H and O–H groups in total. The molecule has 4 aromatic carbocycles. The second-order valence-corrected chi connectivity index (χ2v) is 13.8. The van der Waals surface area contributed by atoms with Crippen LogP contribution in [-0.4, -0.2) is 31.1 Å². The normalized spacial score (nSPS) is 15.1. The molecule has 0 atom stereocenters. The van der Waals surface area contributed by atoms with E-state index >= 15 is 0 Å². The summed E-state index contributed by atoms with van der Waals surface area (Å²) < 4.78 is 32.3. The molecule has 0 unspecified atom stereocenters. The van der Waals surface area contributed by atoms with Gasteiger partial charge in [0.2, 0.25) is 0 Å². The summed E-state index contributed by atoms with van der Waals surface area (Å²) in [5.74, 6) is 2.96. The van der Waals surface area contributed by atoms with Crippen molar-refractivity contribution in [1.29, 1.82) is 0 Å². The van der Waals surface area contributed by atoms with E-state index in [-0.39, 0.29) is 0 Å². The Morgan fingerprint density at radius 2 is 1.05 bits per heavy atom. The molecule has 1 aliphatic heterocycles. The standard InChI is InChI=1S/C29H28O4Si.C5H14OSi/c1-5-15-25(16-6-1)30-29(31-26-17-7-2-8-18-26)23-13-14-24-34(29,32-27-19-9-3-10-20-27)33-28-21-11-4-12-22-28;1-2-3-4-5-6-7/h1-12,15-22H,13-14,23-24H2;2-5H2,1,7H3. The van der Waals surface area contributed by atoms with Crippen molar-refractivity contribution >= 4 is 19.0 Å². The third kappa shape index (κ3) is 8.73. The molecule has 1 fully saturated rings. The van der Waals surface area contributed by atoms with Crippen LogP contribution in [0.1, 0.15) is 45.4 Å². The smallest absolute Gasteiger partial charge is 0.508 e. The van der Waals surface area contributed by atoms with Gasteiger partial charge in [-0.2, -0.15) is 0 Å². The summed E-state index contributed by atoms with van der Waals surface area (Å²) in [6.07, 6.45) is 6.45. The molecule has 1 saturated heterocycles. The molecule has 0 saturated carbocycles. The van der Waals surface area contributed by atoms with Crippen molar-refractivity contribution in [2.75, 3.05) is 6.61 Å². The van der Waals surface area contributed by atoms with Gasteiger partial charge in [0.15, 0.2) is 0 Å². The zero-order valence-electron chi connectivity index (χ0n) is 24.2. The van der Waals surface area contributed by atoms with Crippen LogP contribution in [0.3, 0.4) is 0 Å². The molecule has 0 aromatic heterocycles. The fourth-order valence-electron chi connectivity index (χ4n) is 4.87. The van der Waals surface area contributed by atoms with E-state index in [4.69, 9.17) is 22.8 Å². The quantitative estimate of drug-likeness (QED) is 0.0970. The van der Waals surface area contributed by atoms with Crippen LogP contribution in [0.4, 0.5) is 0 Å². The van der Waals surface area contributed by atoms with Gasteiger partial charge in [-0.15, -0.1) is 0 Å². The molecule has 5 rings (SSSR count). The van der Waals surface area contributed by atoms with Crippen molar-refractivity contribution in [2.45, 2.75) is 56.9 Å². The maximum atomic E-state index is 6.87. The van der Waals surface area contributed by atoms with Gasteiger partial charge in [-0.1, -0.05) is 92.6 Å². The van der Waals surface area contributed by atoms with Crippen molar-refractivity contribution in [1.82, 2.24) is 0 Å². The molecule has 0 bridgehead atoms. The lowest BCUT2D eigenvalue weighted by Gasteiger charge is -2.47. The predicted octanol–water partition coefficient (Wildman–Crippen LogP) is 7.64. The van der Waals surface area contributed by atoms with Gasteiger partial charge in [0.25, 0.3) is 0 Å². The Hall–Kier alpha value is -3.53. The van der Waals surface area contributed by atoms with E-state index in [1.165, 1.54) is 19.3 Å². The zero-order chi connectivity index (χ0) is 28.6. The summed E-state index contributed by atoms with van der Waals surface area (Å²) in [7, 11) is -2.35. The Morgan fingerprint density at radius 3 is 1.46 bits per heavy atom. The van der Waals surface area contributed by atoms with E-state index in [9.17, 15) is 0 Å². The maximum Gasteiger partial charge on any atom is 0.549 e. The third-order valence-electron chi connectivity index (χ3n) is 6.90. The van der Waals surface area contributed by atoms with Gasteiger partial charge in [-0.05, 0) is 67.8 Å². The Morgan fingerprint density at radius 1 is 0.610 bits per heavy atom. The third-order valence-corrected chi connectivity index (χ3v) is 11.1. The molecular weight excluding hydrogens is 545 g/mol. The van der Waals surface area contributed by atoms with Crippen LogP contribution in [-0.2, 0) is 4.43 Å². The predicted molar refractivity (Wildman–Crippen MR) is 171 cm³/mol. The highest BCUT2D eigenvalue weighted by atomic mass is 28.4. The number of hydrogen-bond donors (Lipinski definition) is 0. The average molecular weight is 587 g/mol. The van der Waals surface area contributed by atoms with Gasteiger partial charge < -0.3 is 22.8 Å². The Labute approximate surface area is 249 Å². The molecule has 4 aromatic rings. The second-order valence-electron chi connectivity index (χ2n) is 10.1. The van der Waals surface area contributed by atoms with E-state index in [2.05, 4.69) is 6.92 Å². The summed E-state index contributed by atoms with van der Waals surface area (Å²) in [6, 6.07) is 40.1. The highest BCUT2D eigenvalue weighted by Crippen LogP contribution is 2.43. The second kappa shape index (κ2) is 16.1. The molecule has 0 radical (unpaired) electrons. The fourth-order valence-corrected chi connectivity index (χ4v) is 8.95. The molecule has 1 aliphatic rings. The average Bonchev–Trinajstić information content (AvgIpc) is 3.01. The number of para-hydroxylation sites is 4. The first-order chi connectivity index (χ1) is 20.2. The first-order valence-electron chi connectivity index (χ1n) is 14.6. The lowest BCUT2D eigenvalue weighted by atomic mass is 10.2. The lowest BCUT2D eigenvalue weighted by Crippen LogP contribution is -2.74. The summed E-state index contributed by atoms with van der Waals surface area (Å²) in [5, 5.41) is 0. The SMILES string of the molecule is CCCCCO[SiH3].c1ccc(OC2(Oc3ccccc3)CCCC[Si]2(Oc2ccccc2)Oc2ccccc2)cc1. The number of ether oxygens (including phenoxy) is 2. The van der Waals surface area contributed by atoms with Crippen LogP contribution in [0, 0.1) is 0 Å². The van der Waals surface area contributed by atoms with Gasteiger partial charge in [-0.3, -0.25) is 0 Å². The van der Waals surface area contributed by atoms with E-state index in [0.29, 0.717) is 6.42 Å². The van der Waals surface area contributed by atoms with E-state index in [1.54, 1.807) is 0 Å². The number of benzene rings is 4. The fraction of sp³-hybridized carbons (Fsp3) is 0.294. The van der Waals surface area contributed by atoms with Gasteiger partial charge >= 0.3 is 14.0 Å². The molecule has 7 heteroatoms. The van der Waals surface area contributed by atoms with Crippen LogP contribution in [0.2, 0.25) is 6.04 Å². The number of unbranched alkanes of at least 4 members (excludes halogenated alkanes) is 2. The van der Waals surface area contributed by atoms with Gasteiger partial charge in [0, 0.05) is 19.1 Å². The first-order valence-corrected chi connectivity index (χ1v) is 17.5. The Balaban J connectivity index is 0.000000493. The first kappa shape index (κ1) is 30.4. The summed E-state index contributed by atoms with van der Waals surface area (Å²) >= 11 is 0. The topological polar surface area (TPSA) is 46.2 Å². The van der Waals surface area contributed by atoms with Crippen molar-refractivity contribution in [3.8, 4) is 23.0 Å². The van der Waals surface area contributed by atoms with E-state index in [1.807, 2.05) is 121 Å². The monoisotopic (exact) mass is 586 g/mol. The Kier molecular flexibility index (Phi) is 11.9. The minimum Gasteiger partial charge on any atom is -0.508 e. The molecule has 0 aliphatic carbocycles. The van der Waals surface area contributed by atoms with Gasteiger partial charge in [0.1, 0.15) is 33.5 Å². The molecular formula is C34H42O5Si2. The number of hydrogen-bond acceptors (Lipinski definition) is 5. The zero-order valence-corrected chi connectivity index (χ0v) is 27.2. The van der Waals surface area contributed by atoms with Crippen molar-refractivity contribution in [2.24, 2.45) is 0 Å². The Bertz CT molecular complexity index is 1060. The van der Waals surface area contributed by atoms with Gasteiger partial charge in [-0.25, -0.2) is 0 Å². The highest BCUT2D eigenvalue weighted by molar-refractivity contribution is 6.71.